The van der Waals surface area contributed by atoms with E-state index in [0.717, 1.165) is 5.52 Å². The van der Waals surface area contributed by atoms with Crippen LogP contribution >= 0.6 is 0 Å². The molecule has 1 N–H and O–H groups in total. The van der Waals surface area contributed by atoms with E-state index in [0.29, 0.717) is 0 Å². The molecule has 0 bridgehead atoms. The number of aromatic nitrogens is 2. The van der Waals surface area contributed by atoms with E-state index < -0.39 is 0 Å². The summed E-state index contributed by atoms with van der Waals surface area (Å²) < 4.78 is 0. The fourth-order valence-electron chi connectivity index (χ4n) is 2.83. The first kappa shape index (κ1) is 13.5. The quantitative estimate of drug-likeness (QED) is 0.373. The van der Waals surface area contributed by atoms with Gasteiger partial charge >= 0.3 is 0 Å². The molecule has 0 amide bonds. The van der Waals surface area contributed by atoms with E-state index in [1.54, 1.807) is 0 Å². The van der Waals surface area contributed by atoms with Crippen molar-refractivity contribution in [2.75, 3.05) is 0 Å². The second kappa shape index (κ2) is 5.93. The minimum Gasteiger partial charge on any atom is -0.361 e. The van der Waals surface area contributed by atoms with Gasteiger partial charge in [0.25, 0.3) is 0 Å². The number of hydrogen-bond acceptors (Lipinski definition) is 1. The Bertz CT molecular complexity index is 991. The average molecular weight is 296 g/mol. The number of para-hydroxylation sites is 1. The number of H-pyrrole nitrogens is 1. The van der Waals surface area contributed by atoms with Gasteiger partial charge in [-0.1, -0.05) is 54.6 Å². The molecule has 0 radical (unpaired) electrons. The minimum atomic E-state index is 1.06. The van der Waals surface area contributed by atoms with Crippen molar-refractivity contribution >= 4 is 32.6 Å². The van der Waals surface area contributed by atoms with Crippen LogP contribution in [0.5, 0.6) is 0 Å². The lowest BCUT2D eigenvalue weighted by Gasteiger charge is -2.01. The van der Waals surface area contributed by atoms with Gasteiger partial charge in [0.2, 0.25) is 0 Å². The number of nitrogens with one attached hydrogen (secondary N) is 1. The van der Waals surface area contributed by atoms with Crippen molar-refractivity contribution in [3.05, 3.63) is 91.3 Å². The Morgan fingerprint density at radius 1 is 0.609 bits per heavy atom. The SMILES string of the molecule is c1ccc2[nH]ccc2c1.c1ccc2c(c1)ccc1ncccc12. The number of rotatable bonds is 0. The Labute approximate surface area is 134 Å². The van der Waals surface area contributed by atoms with Crippen LogP contribution in [-0.2, 0) is 0 Å². The highest BCUT2D eigenvalue weighted by Crippen LogP contribution is 2.23. The summed E-state index contributed by atoms with van der Waals surface area (Å²) in [6.07, 6.45) is 3.78. The lowest BCUT2D eigenvalue weighted by molar-refractivity contribution is 1.42. The highest BCUT2D eigenvalue weighted by atomic mass is 14.7. The zero-order valence-corrected chi connectivity index (χ0v) is 12.6. The molecular weight excluding hydrogens is 280 g/mol. The summed E-state index contributed by atoms with van der Waals surface area (Å²) in [5.41, 5.74) is 2.27. The summed E-state index contributed by atoms with van der Waals surface area (Å²) in [7, 11) is 0. The number of hydrogen-bond donors (Lipinski definition) is 1. The smallest absolute Gasteiger partial charge is 0.0708 e. The molecule has 0 unspecified atom stereocenters. The van der Waals surface area contributed by atoms with Crippen LogP contribution in [0.4, 0.5) is 0 Å². The zero-order chi connectivity index (χ0) is 15.5. The predicted octanol–water partition coefficient (Wildman–Crippen LogP) is 5.56. The summed E-state index contributed by atoms with van der Waals surface area (Å²) in [6.45, 7) is 0. The van der Waals surface area contributed by atoms with Crippen LogP contribution in [0.25, 0.3) is 32.6 Å². The third kappa shape index (κ3) is 2.67. The number of nitrogens with zero attached hydrogens (tertiary/aromatic N) is 1. The molecule has 0 aliphatic heterocycles. The maximum atomic E-state index is 4.33. The van der Waals surface area contributed by atoms with Crippen LogP contribution in [0.1, 0.15) is 0 Å². The Morgan fingerprint density at radius 2 is 1.39 bits per heavy atom. The van der Waals surface area contributed by atoms with Crippen LogP contribution in [0, 0.1) is 0 Å². The van der Waals surface area contributed by atoms with E-state index in [4.69, 9.17) is 0 Å². The van der Waals surface area contributed by atoms with Crippen molar-refractivity contribution in [3.63, 3.8) is 0 Å². The van der Waals surface area contributed by atoms with Gasteiger partial charge in [-0.25, -0.2) is 0 Å². The molecular formula is C21H16N2. The van der Waals surface area contributed by atoms with Crippen LogP contribution in [0.15, 0.2) is 91.3 Å². The van der Waals surface area contributed by atoms with E-state index >= 15 is 0 Å². The molecule has 3 aromatic carbocycles. The van der Waals surface area contributed by atoms with Crippen molar-refractivity contribution in [1.29, 1.82) is 0 Å². The summed E-state index contributed by atoms with van der Waals surface area (Å²) in [5.74, 6) is 0. The van der Waals surface area contributed by atoms with Gasteiger partial charge in [-0.15, -0.1) is 0 Å². The van der Waals surface area contributed by atoms with Gasteiger partial charge in [0.1, 0.15) is 0 Å². The summed E-state index contributed by atoms with van der Waals surface area (Å²) in [6, 6.07) is 27.0. The second-order valence-electron chi connectivity index (χ2n) is 5.42. The Balaban J connectivity index is 0.000000130. The van der Waals surface area contributed by atoms with Gasteiger partial charge in [0.05, 0.1) is 5.52 Å². The van der Waals surface area contributed by atoms with Crippen molar-refractivity contribution in [2.24, 2.45) is 0 Å². The molecule has 0 saturated heterocycles. The Hall–Kier alpha value is -3.13. The molecule has 23 heavy (non-hydrogen) atoms. The van der Waals surface area contributed by atoms with E-state index in [1.165, 1.54) is 27.1 Å². The number of aromatic amines is 1. The fraction of sp³-hybridized carbons (Fsp3) is 0. The van der Waals surface area contributed by atoms with Crippen molar-refractivity contribution in [3.8, 4) is 0 Å². The van der Waals surface area contributed by atoms with Crippen LogP contribution < -0.4 is 0 Å². The van der Waals surface area contributed by atoms with Crippen molar-refractivity contribution in [1.82, 2.24) is 9.97 Å². The molecule has 0 fully saturated rings. The second-order valence-corrected chi connectivity index (χ2v) is 5.42. The number of pyridine rings is 1. The number of fused-ring (bicyclic) bond motifs is 4. The minimum absolute atomic E-state index is 1.06. The van der Waals surface area contributed by atoms with Crippen LogP contribution in [0.3, 0.4) is 0 Å². The van der Waals surface area contributed by atoms with Crippen molar-refractivity contribution < 1.29 is 0 Å². The summed E-state index contributed by atoms with van der Waals surface area (Å²) in [5, 5.41) is 5.05. The van der Waals surface area contributed by atoms with Gasteiger partial charge in [-0.05, 0) is 40.4 Å². The highest BCUT2D eigenvalue weighted by molar-refractivity contribution is 6.05. The fourth-order valence-corrected chi connectivity index (χ4v) is 2.83. The molecule has 110 valence electrons. The van der Waals surface area contributed by atoms with Crippen molar-refractivity contribution in [2.45, 2.75) is 0 Å². The average Bonchev–Trinajstić information content (AvgIpc) is 3.11. The topological polar surface area (TPSA) is 28.7 Å². The van der Waals surface area contributed by atoms with E-state index in [2.05, 4.69) is 70.6 Å². The van der Waals surface area contributed by atoms with E-state index in [1.807, 2.05) is 30.6 Å². The number of benzene rings is 3. The standard InChI is InChI=1S/C13H9N.C8H7N/c1-2-5-11-10(4-1)7-8-13-12(11)6-3-9-14-13;1-2-4-8-7(3-1)5-6-9-8/h1-9H;1-6,9H. The van der Waals surface area contributed by atoms with Gasteiger partial charge in [0, 0.05) is 23.3 Å². The normalized spacial score (nSPS) is 10.6. The third-order valence-electron chi connectivity index (χ3n) is 3.97. The molecule has 5 rings (SSSR count). The first-order valence-corrected chi connectivity index (χ1v) is 7.66. The molecule has 0 saturated carbocycles. The maximum absolute atomic E-state index is 4.33. The largest absolute Gasteiger partial charge is 0.361 e. The summed E-state index contributed by atoms with van der Waals surface area (Å²) in [4.78, 5) is 7.45. The molecule has 2 nitrogen and oxygen atoms in total. The molecule has 2 aromatic heterocycles. The van der Waals surface area contributed by atoms with Gasteiger partial charge in [-0.2, -0.15) is 0 Å². The molecule has 5 aromatic rings. The monoisotopic (exact) mass is 296 g/mol. The van der Waals surface area contributed by atoms with Gasteiger partial charge < -0.3 is 4.98 Å². The third-order valence-corrected chi connectivity index (χ3v) is 3.97. The lowest BCUT2D eigenvalue weighted by Crippen LogP contribution is -1.79. The molecule has 0 atom stereocenters. The molecule has 2 heterocycles. The molecule has 0 spiro atoms. The van der Waals surface area contributed by atoms with Gasteiger partial charge in [-0.3, -0.25) is 4.98 Å². The van der Waals surface area contributed by atoms with E-state index in [-0.39, 0.29) is 0 Å². The summed E-state index contributed by atoms with van der Waals surface area (Å²) >= 11 is 0. The highest BCUT2D eigenvalue weighted by Gasteiger charge is 1.98. The molecule has 0 aliphatic rings. The van der Waals surface area contributed by atoms with E-state index in [9.17, 15) is 0 Å². The van der Waals surface area contributed by atoms with Crippen LogP contribution in [0.2, 0.25) is 0 Å². The maximum Gasteiger partial charge on any atom is 0.0708 e. The zero-order valence-electron chi connectivity index (χ0n) is 12.6. The Kier molecular flexibility index (Phi) is 3.49. The predicted molar refractivity (Wildman–Crippen MR) is 97.5 cm³/mol. The van der Waals surface area contributed by atoms with Crippen LogP contribution in [-0.4, -0.2) is 9.97 Å². The Morgan fingerprint density at radius 3 is 2.30 bits per heavy atom. The molecule has 0 aliphatic carbocycles. The first-order chi connectivity index (χ1) is 11.4. The molecule has 2 heteroatoms. The first-order valence-electron chi connectivity index (χ1n) is 7.66. The lowest BCUT2D eigenvalue weighted by atomic mass is 10.1. The van der Waals surface area contributed by atoms with Gasteiger partial charge in [0.15, 0.2) is 0 Å².